The fourth-order valence-corrected chi connectivity index (χ4v) is 2.03. The van der Waals surface area contributed by atoms with Crippen LogP contribution in [0.3, 0.4) is 0 Å². The fraction of sp³-hybridized carbons (Fsp3) is 0.417. The van der Waals surface area contributed by atoms with E-state index in [0.29, 0.717) is 0 Å². The Bertz CT molecular complexity index is 333. The zero-order valence-electron chi connectivity index (χ0n) is 9.40. The summed E-state index contributed by atoms with van der Waals surface area (Å²) in [6.07, 6.45) is 0. The molecule has 0 spiro atoms. The summed E-state index contributed by atoms with van der Waals surface area (Å²) < 4.78 is -0.120. The van der Waals surface area contributed by atoms with Crippen molar-refractivity contribution < 1.29 is 5.21 Å². The van der Waals surface area contributed by atoms with Crippen molar-refractivity contribution in [3.8, 4) is 0 Å². The van der Waals surface area contributed by atoms with Gasteiger partial charge in [0, 0.05) is 5.75 Å². The van der Waals surface area contributed by atoms with E-state index in [-0.39, 0.29) is 4.75 Å². The molecule has 15 heavy (non-hydrogen) atoms. The summed E-state index contributed by atoms with van der Waals surface area (Å²) in [6, 6.07) is 10.3. The summed E-state index contributed by atoms with van der Waals surface area (Å²) in [7, 11) is 0. The van der Waals surface area contributed by atoms with E-state index in [4.69, 9.17) is 5.21 Å². The highest BCUT2D eigenvalue weighted by atomic mass is 32.2. The molecule has 0 saturated carbocycles. The highest BCUT2D eigenvalue weighted by Gasteiger charge is 2.22. The molecule has 0 atom stereocenters. The topological polar surface area (TPSA) is 32.6 Å². The lowest BCUT2D eigenvalue weighted by Crippen LogP contribution is -2.25. The smallest absolute Gasteiger partial charge is 0.0694 e. The fourth-order valence-electron chi connectivity index (χ4n) is 1.06. The summed E-state index contributed by atoms with van der Waals surface area (Å²) >= 11 is 1.77. The van der Waals surface area contributed by atoms with Gasteiger partial charge in [-0.3, -0.25) is 0 Å². The van der Waals surface area contributed by atoms with Crippen LogP contribution in [0.4, 0.5) is 0 Å². The van der Waals surface area contributed by atoms with E-state index in [0.717, 1.165) is 11.5 Å². The largest absolute Gasteiger partial charge is 0.411 e. The van der Waals surface area contributed by atoms with Crippen molar-refractivity contribution in [1.82, 2.24) is 0 Å². The molecule has 0 saturated heterocycles. The van der Waals surface area contributed by atoms with Crippen molar-refractivity contribution in [1.29, 1.82) is 0 Å². The Hall–Kier alpha value is -0.960. The normalized spacial score (nSPS) is 12.9. The minimum absolute atomic E-state index is 0.120. The van der Waals surface area contributed by atoms with Crippen LogP contribution in [0.5, 0.6) is 0 Å². The van der Waals surface area contributed by atoms with Crippen molar-refractivity contribution in [2.75, 3.05) is 0 Å². The minimum Gasteiger partial charge on any atom is -0.411 e. The third-order valence-corrected chi connectivity index (χ3v) is 3.96. The van der Waals surface area contributed by atoms with Crippen LogP contribution in [0.25, 0.3) is 0 Å². The molecule has 1 N–H and O–H groups in total. The molecule has 0 aliphatic carbocycles. The van der Waals surface area contributed by atoms with Gasteiger partial charge < -0.3 is 5.21 Å². The molecule has 0 aliphatic heterocycles. The molecule has 0 bridgehead atoms. The summed E-state index contributed by atoms with van der Waals surface area (Å²) in [5.74, 6) is 0.931. The van der Waals surface area contributed by atoms with Crippen molar-refractivity contribution >= 4 is 17.5 Å². The molecule has 0 fully saturated rings. The number of nitrogens with zero attached hydrogens (tertiary/aromatic N) is 1. The van der Waals surface area contributed by atoms with E-state index >= 15 is 0 Å². The number of benzene rings is 1. The SMILES string of the molecule is CC(=NO)C(C)(C)SCc1ccccc1. The molecular formula is C12H17NOS. The van der Waals surface area contributed by atoms with Gasteiger partial charge in [0.15, 0.2) is 0 Å². The van der Waals surface area contributed by atoms with Gasteiger partial charge in [-0.2, -0.15) is 0 Å². The predicted molar refractivity (Wildman–Crippen MR) is 66.7 cm³/mol. The summed E-state index contributed by atoms with van der Waals surface area (Å²) in [4.78, 5) is 0. The van der Waals surface area contributed by atoms with Crippen molar-refractivity contribution in [3.05, 3.63) is 35.9 Å². The molecule has 0 aromatic heterocycles. The Balaban J connectivity index is 2.57. The van der Waals surface area contributed by atoms with Gasteiger partial charge in [0.05, 0.1) is 10.5 Å². The van der Waals surface area contributed by atoms with E-state index in [1.54, 1.807) is 11.8 Å². The summed E-state index contributed by atoms with van der Waals surface area (Å²) in [5, 5.41) is 12.0. The first-order valence-electron chi connectivity index (χ1n) is 4.93. The van der Waals surface area contributed by atoms with Gasteiger partial charge in [-0.25, -0.2) is 0 Å². The molecule has 1 aromatic rings. The number of hydrogen-bond donors (Lipinski definition) is 1. The number of thioether (sulfide) groups is 1. The van der Waals surface area contributed by atoms with Gasteiger partial charge in [0.25, 0.3) is 0 Å². The van der Waals surface area contributed by atoms with E-state index < -0.39 is 0 Å². The quantitative estimate of drug-likeness (QED) is 0.481. The standard InChI is InChI=1S/C12H17NOS/c1-10(13-14)12(2,3)15-9-11-7-5-4-6-8-11/h4-8,14H,9H2,1-3H3. The van der Waals surface area contributed by atoms with Gasteiger partial charge in [0.1, 0.15) is 0 Å². The van der Waals surface area contributed by atoms with Crippen LogP contribution in [0, 0.1) is 0 Å². The monoisotopic (exact) mass is 223 g/mol. The molecule has 0 radical (unpaired) electrons. The first-order chi connectivity index (χ1) is 7.06. The third-order valence-electron chi connectivity index (χ3n) is 2.46. The average Bonchev–Trinajstić information content (AvgIpc) is 2.27. The Morgan fingerprint density at radius 1 is 1.33 bits per heavy atom. The van der Waals surface area contributed by atoms with E-state index in [2.05, 4.69) is 31.1 Å². The molecule has 0 heterocycles. The van der Waals surface area contributed by atoms with Crippen LogP contribution in [-0.4, -0.2) is 15.7 Å². The van der Waals surface area contributed by atoms with Gasteiger partial charge >= 0.3 is 0 Å². The average molecular weight is 223 g/mol. The van der Waals surface area contributed by atoms with Gasteiger partial charge in [-0.15, -0.1) is 11.8 Å². The lowest BCUT2D eigenvalue weighted by molar-refractivity contribution is 0.316. The third kappa shape index (κ3) is 3.59. The molecule has 3 heteroatoms. The molecular weight excluding hydrogens is 206 g/mol. The van der Waals surface area contributed by atoms with Gasteiger partial charge in [0.2, 0.25) is 0 Å². The second kappa shape index (κ2) is 5.21. The van der Waals surface area contributed by atoms with E-state index in [9.17, 15) is 0 Å². The second-order valence-corrected chi connectivity index (χ2v) is 5.57. The Labute approximate surface area is 95.4 Å². The maximum absolute atomic E-state index is 8.74. The minimum atomic E-state index is -0.120. The van der Waals surface area contributed by atoms with Crippen LogP contribution in [0.1, 0.15) is 26.3 Å². The van der Waals surface area contributed by atoms with Crippen LogP contribution >= 0.6 is 11.8 Å². The van der Waals surface area contributed by atoms with Crippen LogP contribution < -0.4 is 0 Å². The van der Waals surface area contributed by atoms with Crippen molar-refractivity contribution in [2.45, 2.75) is 31.3 Å². The number of hydrogen-bond acceptors (Lipinski definition) is 3. The highest BCUT2D eigenvalue weighted by Crippen LogP contribution is 2.29. The van der Waals surface area contributed by atoms with Crippen LogP contribution in [0.2, 0.25) is 0 Å². The second-order valence-electron chi connectivity index (χ2n) is 3.97. The lowest BCUT2D eigenvalue weighted by atomic mass is 10.1. The maximum atomic E-state index is 8.74. The van der Waals surface area contributed by atoms with Crippen molar-refractivity contribution in [2.24, 2.45) is 5.16 Å². The van der Waals surface area contributed by atoms with E-state index in [1.165, 1.54) is 5.56 Å². The van der Waals surface area contributed by atoms with Crippen molar-refractivity contribution in [3.63, 3.8) is 0 Å². The Morgan fingerprint density at radius 3 is 2.47 bits per heavy atom. The number of oxime groups is 1. The van der Waals surface area contributed by atoms with Gasteiger partial charge in [-0.1, -0.05) is 35.5 Å². The predicted octanol–water partition coefficient (Wildman–Crippen LogP) is 3.55. The zero-order chi connectivity index (χ0) is 11.3. The number of rotatable bonds is 4. The molecule has 2 nitrogen and oxygen atoms in total. The summed E-state index contributed by atoms with van der Waals surface area (Å²) in [6.45, 7) is 5.98. The molecule has 0 unspecified atom stereocenters. The van der Waals surface area contributed by atoms with Gasteiger partial charge in [-0.05, 0) is 26.3 Å². The Morgan fingerprint density at radius 2 is 1.93 bits per heavy atom. The molecule has 0 aliphatic rings. The van der Waals surface area contributed by atoms with Crippen LogP contribution in [-0.2, 0) is 5.75 Å². The van der Waals surface area contributed by atoms with E-state index in [1.807, 2.05) is 25.1 Å². The molecule has 0 amide bonds. The Kier molecular flexibility index (Phi) is 4.21. The highest BCUT2D eigenvalue weighted by molar-refractivity contribution is 8.00. The molecule has 1 aromatic carbocycles. The first-order valence-corrected chi connectivity index (χ1v) is 5.92. The maximum Gasteiger partial charge on any atom is 0.0694 e. The molecule has 1 rings (SSSR count). The van der Waals surface area contributed by atoms with Crippen LogP contribution in [0.15, 0.2) is 35.5 Å². The zero-order valence-corrected chi connectivity index (χ0v) is 10.2. The molecule has 82 valence electrons. The lowest BCUT2D eigenvalue weighted by Gasteiger charge is -2.22. The summed E-state index contributed by atoms with van der Waals surface area (Å²) in [5.41, 5.74) is 2.05. The first kappa shape index (κ1) is 12.1.